The van der Waals surface area contributed by atoms with E-state index in [2.05, 4.69) is 34.6 Å². The fourth-order valence-corrected chi connectivity index (χ4v) is 3.67. The number of ether oxygens (including phenoxy) is 1. The van der Waals surface area contributed by atoms with Crippen LogP contribution in [0.1, 0.15) is 60.3 Å². The molecule has 2 fully saturated rings. The van der Waals surface area contributed by atoms with Gasteiger partial charge in [0.2, 0.25) is 0 Å². The lowest BCUT2D eigenvalue weighted by molar-refractivity contribution is -0.200. The first-order chi connectivity index (χ1) is 7.77. The Hall–Kier alpha value is -0.370. The van der Waals surface area contributed by atoms with Gasteiger partial charge in [0.05, 0.1) is 17.6 Å². The van der Waals surface area contributed by atoms with Gasteiger partial charge in [0, 0.05) is 6.42 Å². The highest BCUT2D eigenvalue weighted by Crippen LogP contribution is 2.52. The molecule has 1 saturated carbocycles. The normalized spacial score (nSPS) is 41.4. The molecule has 98 valence electrons. The van der Waals surface area contributed by atoms with Crippen LogP contribution in [-0.2, 0) is 9.53 Å². The first-order valence-corrected chi connectivity index (χ1v) is 6.96. The molecule has 2 nitrogen and oxygen atoms in total. The summed E-state index contributed by atoms with van der Waals surface area (Å²) in [6.45, 7) is 10.9. The molecule has 3 atom stereocenters. The van der Waals surface area contributed by atoms with E-state index < -0.39 is 0 Å². The van der Waals surface area contributed by atoms with Crippen LogP contribution in [0.5, 0.6) is 0 Å². The van der Waals surface area contributed by atoms with E-state index in [4.69, 9.17) is 4.74 Å². The third-order valence-electron chi connectivity index (χ3n) is 4.98. The largest absolute Gasteiger partial charge is 0.373 e. The number of rotatable bonds is 1. The summed E-state index contributed by atoms with van der Waals surface area (Å²) < 4.78 is 6.32. The van der Waals surface area contributed by atoms with E-state index in [1.807, 2.05) is 0 Å². The molecule has 0 N–H and O–H groups in total. The van der Waals surface area contributed by atoms with E-state index in [1.54, 1.807) is 0 Å². The van der Waals surface area contributed by atoms with Crippen LogP contribution in [0.4, 0.5) is 0 Å². The Kier molecular flexibility index (Phi) is 3.14. The van der Waals surface area contributed by atoms with Gasteiger partial charge in [-0.1, -0.05) is 34.6 Å². The molecule has 2 aliphatic rings. The summed E-state index contributed by atoms with van der Waals surface area (Å²) in [7, 11) is 0. The molecule has 17 heavy (non-hydrogen) atoms. The molecule has 0 bridgehead atoms. The smallest absolute Gasteiger partial charge is 0.141 e. The van der Waals surface area contributed by atoms with Gasteiger partial charge in [-0.3, -0.25) is 4.79 Å². The van der Waals surface area contributed by atoms with Gasteiger partial charge in [0.25, 0.3) is 0 Å². The first-order valence-electron chi connectivity index (χ1n) is 6.96. The van der Waals surface area contributed by atoms with Crippen LogP contribution in [0.2, 0.25) is 0 Å². The van der Waals surface area contributed by atoms with Crippen LogP contribution in [0.3, 0.4) is 0 Å². The zero-order chi connectivity index (χ0) is 12.8. The fourth-order valence-electron chi connectivity index (χ4n) is 3.67. The molecule has 1 heterocycles. The summed E-state index contributed by atoms with van der Waals surface area (Å²) in [5.41, 5.74) is -0.0939. The molecule has 0 aromatic heterocycles. The van der Waals surface area contributed by atoms with Gasteiger partial charge >= 0.3 is 0 Å². The van der Waals surface area contributed by atoms with Gasteiger partial charge in [-0.25, -0.2) is 0 Å². The van der Waals surface area contributed by atoms with Gasteiger partial charge in [-0.15, -0.1) is 0 Å². The monoisotopic (exact) mass is 238 g/mol. The van der Waals surface area contributed by atoms with Crippen molar-refractivity contribution in [1.29, 1.82) is 0 Å². The quantitative estimate of drug-likeness (QED) is 0.698. The second-order valence-electron chi connectivity index (χ2n) is 7.14. The summed E-state index contributed by atoms with van der Waals surface area (Å²) in [5.74, 6) is 0.928. The minimum Gasteiger partial charge on any atom is -0.373 e. The summed E-state index contributed by atoms with van der Waals surface area (Å²) in [6.07, 6.45) is 4.53. The number of hydrogen-bond donors (Lipinski definition) is 0. The number of fused-ring (bicyclic) bond motifs is 1. The molecule has 1 unspecified atom stereocenters. The zero-order valence-corrected chi connectivity index (χ0v) is 11.9. The molecule has 0 aromatic carbocycles. The highest BCUT2D eigenvalue weighted by molar-refractivity contribution is 5.85. The molecule has 1 aliphatic carbocycles. The summed E-state index contributed by atoms with van der Waals surface area (Å²) in [4.78, 5) is 12.1. The molecule has 2 rings (SSSR count). The van der Waals surface area contributed by atoms with Gasteiger partial charge < -0.3 is 4.74 Å². The Bertz CT molecular complexity index is 319. The molecule has 0 radical (unpaired) electrons. The van der Waals surface area contributed by atoms with Gasteiger partial charge in [-0.2, -0.15) is 0 Å². The average molecular weight is 238 g/mol. The lowest BCUT2D eigenvalue weighted by atomic mass is 9.58. The Morgan fingerprint density at radius 1 is 1.24 bits per heavy atom. The highest BCUT2D eigenvalue weighted by Gasteiger charge is 2.54. The van der Waals surface area contributed by atoms with Crippen molar-refractivity contribution in [3.63, 3.8) is 0 Å². The van der Waals surface area contributed by atoms with Crippen molar-refractivity contribution < 1.29 is 9.53 Å². The van der Waals surface area contributed by atoms with Crippen molar-refractivity contribution in [2.45, 2.75) is 72.5 Å². The van der Waals surface area contributed by atoms with Crippen molar-refractivity contribution in [1.82, 2.24) is 0 Å². The van der Waals surface area contributed by atoms with Gasteiger partial charge in [0.15, 0.2) is 0 Å². The van der Waals surface area contributed by atoms with Crippen molar-refractivity contribution in [2.24, 2.45) is 16.7 Å². The van der Waals surface area contributed by atoms with E-state index in [1.165, 1.54) is 6.42 Å². The van der Waals surface area contributed by atoms with E-state index in [-0.39, 0.29) is 16.9 Å². The lowest BCUT2D eigenvalue weighted by Crippen LogP contribution is -2.57. The molecule has 0 spiro atoms. The van der Waals surface area contributed by atoms with Crippen molar-refractivity contribution >= 4 is 5.78 Å². The predicted molar refractivity (Wildman–Crippen MR) is 68.9 cm³/mol. The standard InChI is InChI=1S/C15H26O2/c1-10(2)11-6-8-15(5)9-7-12(16)14(3,4)13(15)17-11/h10-11,13H,6-9H2,1-5H3/t11-,13+,15?/m1/s1. The van der Waals surface area contributed by atoms with Gasteiger partial charge in [-0.05, 0) is 30.6 Å². The highest BCUT2D eigenvalue weighted by atomic mass is 16.5. The van der Waals surface area contributed by atoms with Crippen LogP contribution >= 0.6 is 0 Å². The molecule has 0 amide bonds. The third kappa shape index (κ3) is 2.05. The zero-order valence-electron chi connectivity index (χ0n) is 11.9. The predicted octanol–water partition coefficient (Wildman–Crippen LogP) is 3.59. The molecule has 0 aromatic rings. The molecule has 1 aliphatic heterocycles. The summed E-state index contributed by atoms with van der Waals surface area (Å²) in [6, 6.07) is 0. The van der Waals surface area contributed by atoms with E-state index in [0.29, 0.717) is 17.8 Å². The maximum atomic E-state index is 12.1. The Balaban J connectivity index is 2.25. The molecular formula is C15H26O2. The van der Waals surface area contributed by atoms with Crippen LogP contribution in [-0.4, -0.2) is 18.0 Å². The fraction of sp³-hybridized carbons (Fsp3) is 0.933. The Morgan fingerprint density at radius 2 is 1.88 bits per heavy atom. The maximum Gasteiger partial charge on any atom is 0.141 e. The van der Waals surface area contributed by atoms with E-state index in [0.717, 1.165) is 19.3 Å². The average Bonchev–Trinajstić information content (AvgIpc) is 2.24. The molecular weight excluding hydrogens is 212 g/mol. The van der Waals surface area contributed by atoms with Crippen molar-refractivity contribution in [2.75, 3.05) is 0 Å². The van der Waals surface area contributed by atoms with E-state index >= 15 is 0 Å². The minimum absolute atomic E-state index is 0.109. The van der Waals surface area contributed by atoms with Crippen LogP contribution in [0.25, 0.3) is 0 Å². The minimum atomic E-state index is -0.305. The molecule has 1 saturated heterocycles. The number of hydrogen-bond acceptors (Lipinski definition) is 2. The molecule has 2 heteroatoms. The SMILES string of the molecule is CC(C)[C@H]1CCC2(C)CCC(=O)C(C)(C)[C@@H]2O1. The Morgan fingerprint density at radius 3 is 2.47 bits per heavy atom. The second-order valence-corrected chi connectivity index (χ2v) is 7.14. The maximum absolute atomic E-state index is 12.1. The van der Waals surface area contributed by atoms with E-state index in [9.17, 15) is 4.79 Å². The lowest BCUT2D eigenvalue weighted by Gasteiger charge is -2.54. The number of ketones is 1. The number of carbonyl (C=O) groups is 1. The topological polar surface area (TPSA) is 26.3 Å². The summed E-state index contributed by atoms with van der Waals surface area (Å²) >= 11 is 0. The second kappa shape index (κ2) is 4.08. The van der Waals surface area contributed by atoms with Crippen LogP contribution in [0, 0.1) is 16.7 Å². The first kappa shape index (κ1) is 13.1. The Labute approximate surface area is 105 Å². The van der Waals surface area contributed by atoms with Crippen molar-refractivity contribution in [3.05, 3.63) is 0 Å². The van der Waals surface area contributed by atoms with Gasteiger partial charge in [0.1, 0.15) is 5.78 Å². The third-order valence-corrected chi connectivity index (χ3v) is 4.98. The van der Waals surface area contributed by atoms with Crippen molar-refractivity contribution in [3.8, 4) is 0 Å². The number of carbonyl (C=O) groups excluding carboxylic acids is 1. The van der Waals surface area contributed by atoms with Crippen LogP contribution < -0.4 is 0 Å². The summed E-state index contributed by atoms with van der Waals surface area (Å²) in [5, 5.41) is 0. The van der Waals surface area contributed by atoms with Crippen LogP contribution in [0.15, 0.2) is 0 Å². The number of Topliss-reactive ketones (excluding diaryl/α,β-unsaturated/α-hetero) is 1.